The molecule has 0 aromatic heterocycles. The van der Waals surface area contributed by atoms with Crippen LogP contribution in [-0.2, 0) is 4.79 Å². The van der Waals surface area contributed by atoms with Gasteiger partial charge in [-0.2, -0.15) is 11.8 Å². The predicted molar refractivity (Wildman–Crippen MR) is 83.4 cm³/mol. The summed E-state index contributed by atoms with van der Waals surface area (Å²) < 4.78 is 0. The first kappa shape index (κ1) is 16.1. The zero-order chi connectivity index (χ0) is 14.3. The Morgan fingerprint density at radius 1 is 1.32 bits per heavy atom. The van der Waals surface area contributed by atoms with Gasteiger partial charge in [-0.3, -0.25) is 4.79 Å². The minimum absolute atomic E-state index is 0.0515. The molecule has 0 bridgehead atoms. The molecule has 0 aliphatic heterocycles. The Labute approximate surface area is 120 Å². The van der Waals surface area contributed by atoms with Gasteiger partial charge in [-0.1, -0.05) is 37.3 Å². The van der Waals surface area contributed by atoms with Gasteiger partial charge in [0.15, 0.2) is 0 Å². The normalized spacial score (nSPS) is 15.6. The lowest BCUT2D eigenvalue weighted by molar-refractivity contribution is -0.123. The van der Waals surface area contributed by atoms with E-state index in [1.165, 1.54) is 5.56 Å². The minimum atomic E-state index is -0.405. The summed E-state index contributed by atoms with van der Waals surface area (Å²) in [5.41, 5.74) is 7.09. The zero-order valence-electron chi connectivity index (χ0n) is 11.9. The monoisotopic (exact) mass is 280 g/mol. The van der Waals surface area contributed by atoms with Crippen LogP contribution in [0, 0.1) is 0 Å². The maximum atomic E-state index is 11.9. The SMILES string of the molecule is CSCC[C@H](N)C(=O)NC(C)C(C)c1ccccc1. The molecule has 3 N–H and O–H groups in total. The Bertz CT molecular complexity index is 383. The van der Waals surface area contributed by atoms with E-state index in [0.717, 1.165) is 12.2 Å². The van der Waals surface area contributed by atoms with E-state index >= 15 is 0 Å². The Morgan fingerprint density at radius 2 is 1.95 bits per heavy atom. The van der Waals surface area contributed by atoms with E-state index < -0.39 is 6.04 Å². The third-order valence-corrected chi connectivity index (χ3v) is 4.06. The van der Waals surface area contributed by atoms with Gasteiger partial charge < -0.3 is 11.1 Å². The van der Waals surface area contributed by atoms with Gasteiger partial charge in [-0.25, -0.2) is 0 Å². The Balaban J connectivity index is 2.50. The van der Waals surface area contributed by atoms with E-state index in [1.807, 2.05) is 31.4 Å². The van der Waals surface area contributed by atoms with Crippen molar-refractivity contribution in [3.63, 3.8) is 0 Å². The van der Waals surface area contributed by atoms with Crippen molar-refractivity contribution >= 4 is 17.7 Å². The van der Waals surface area contributed by atoms with E-state index in [0.29, 0.717) is 0 Å². The Hall–Kier alpha value is -1.00. The number of hydrogen-bond acceptors (Lipinski definition) is 3. The number of nitrogens with one attached hydrogen (secondary N) is 1. The maximum absolute atomic E-state index is 11.9. The molecule has 1 amide bonds. The fraction of sp³-hybridized carbons (Fsp3) is 0.533. The van der Waals surface area contributed by atoms with Gasteiger partial charge >= 0.3 is 0 Å². The minimum Gasteiger partial charge on any atom is -0.352 e. The van der Waals surface area contributed by atoms with Gasteiger partial charge in [0.2, 0.25) is 5.91 Å². The maximum Gasteiger partial charge on any atom is 0.237 e. The lowest BCUT2D eigenvalue weighted by Gasteiger charge is -2.23. The zero-order valence-corrected chi connectivity index (χ0v) is 12.7. The number of hydrogen-bond donors (Lipinski definition) is 2. The molecule has 1 aromatic carbocycles. The Kier molecular flexibility index (Phi) is 6.95. The summed E-state index contributed by atoms with van der Waals surface area (Å²) in [6.07, 6.45) is 2.74. The van der Waals surface area contributed by atoms with Gasteiger partial charge in [0, 0.05) is 12.0 Å². The third-order valence-electron chi connectivity index (χ3n) is 3.42. The first-order valence-corrected chi connectivity index (χ1v) is 8.05. The van der Waals surface area contributed by atoms with Crippen LogP contribution in [0.5, 0.6) is 0 Å². The van der Waals surface area contributed by atoms with Crippen LogP contribution in [-0.4, -0.2) is 30.0 Å². The fourth-order valence-corrected chi connectivity index (χ4v) is 2.37. The molecule has 4 heteroatoms. The van der Waals surface area contributed by atoms with E-state index in [-0.39, 0.29) is 17.9 Å². The molecule has 0 heterocycles. The molecule has 0 saturated carbocycles. The van der Waals surface area contributed by atoms with E-state index in [1.54, 1.807) is 11.8 Å². The molecule has 3 atom stereocenters. The van der Waals surface area contributed by atoms with Crippen molar-refractivity contribution in [2.45, 2.75) is 38.3 Å². The van der Waals surface area contributed by atoms with Crippen LogP contribution in [0.1, 0.15) is 31.7 Å². The quantitative estimate of drug-likeness (QED) is 0.806. The van der Waals surface area contributed by atoms with E-state index in [9.17, 15) is 4.79 Å². The van der Waals surface area contributed by atoms with Gasteiger partial charge in [0.1, 0.15) is 0 Å². The Morgan fingerprint density at radius 3 is 2.53 bits per heavy atom. The molecule has 106 valence electrons. The van der Waals surface area contributed by atoms with Crippen LogP contribution >= 0.6 is 11.8 Å². The molecule has 1 aromatic rings. The summed E-state index contributed by atoms with van der Waals surface area (Å²) in [5, 5.41) is 3.01. The van der Waals surface area contributed by atoms with Crippen molar-refractivity contribution in [3.05, 3.63) is 35.9 Å². The first-order valence-electron chi connectivity index (χ1n) is 6.66. The van der Waals surface area contributed by atoms with Crippen LogP contribution in [0.25, 0.3) is 0 Å². The van der Waals surface area contributed by atoms with Gasteiger partial charge in [0.05, 0.1) is 6.04 Å². The summed E-state index contributed by atoms with van der Waals surface area (Å²) in [6.45, 7) is 4.14. The molecule has 0 spiro atoms. The molecular formula is C15H24N2OS. The molecule has 0 aliphatic carbocycles. The average molecular weight is 280 g/mol. The van der Waals surface area contributed by atoms with Crippen molar-refractivity contribution in [1.29, 1.82) is 0 Å². The smallest absolute Gasteiger partial charge is 0.237 e. The molecule has 0 aliphatic rings. The third kappa shape index (κ3) is 5.25. The fourth-order valence-electron chi connectivity index (χ4n) is 1.88. The molecule has 2 unspecified atom stereocenters. The summed E-state index contributed by atoms with van der Waals surface area (Å²) >= 11 is 1.71. The lowest BCUT2D eigenvalue weighted by atomic mass is 9.94. The van der Waals surface area contributed by atoms with Crippen LogP contribution < -0.4 is 11.1 Å². The summed E-state index contributed by atoms with van der Waals surface area (Å²) in [7, 11) is 0. The highest BCUT2D eigenvalue weighted by Gasteiger charge is 2.19. The van der Waals surface area contributed by atoms with Crippen LogP contribution in [0.15, 0.2) is 30.3 Å². The molecule has 0 radical (unpaired) electrons. The molecule has 1 rings (SSSR count). The van der Waals surface area contributed by atoms with Crippen LogP contribution in [0.4, 0.5) is 0 Å². The van der Waals surface area contributed by atoms with Crippen molar-refractivity contribution in [3.8, 4) is 0 Å². The number of benzene rings is 1. The standard InChI is InChI=1S/C15H24N2OS/c1-11(13-7-5-4-6-8-13)12(2)17-15(18)14(16)9-10-19-3/h4-8,11-12,14H,9-10,16H2,1-3H3,(H,17,18)/t11?,12?,14-/m0/s1. The van der Waals surface area contributed by atoms with Crippen molar-refractivity contribution in [1.82, 2.24) is 5.32 Å². The highest BCUT2D eigenvalue weighted by molar-refractivity contribution is 7.98. The second-order valence-corrected chi connectivity index (χ2v) is 5.87. The molecule has 0 fully saturated rings. The predicted octanol–water partition coefficient (Wildman–Crippen LogP) is 2.38. The average Bonchev–Trinajstić information content (AvgIpc) is 2.44. The summed E-state index contributed by atoms with van der Waals surface area (Å²) in [5.74, 6) is 1.14. The number of amides is 1. The summed E-state index contributed by atoms with van der Waals surface area (Å²) in [4.78, 5) is 11.9. The number of rotatable bonds is 7. The summed E-state index contributed by atoms with van der Waals surface area (Å²) in [6, 6.07) is 9.88. The van der Waals surface area contributed by atoms with Crippen molar-refractivity contribution in [2.24, 2.45) is 5.73 Å². The number of nitrogens with two attached hydrogens (primary N) is 1. The van der Waals surface area contributed by atoms with Crippen LogP contribution in [0.3, 0.4) is 0 Å². The first-order chi connectivity index (χ1) is 9.06. The number of carbonyl (C=O) groups is 1. The molecule has 0 saturated heterocycles. The van der Waals surface area contributed by atoms with Crippen molar-refractivity contribution in [2.75, 3.05) is 12.0 Å². The van der Waals surface area contributed by atoms with Gasteiger partial charge in [-0.15, -0.1) is 0 Å². The highest BCUT2D eigenvalue weighted by atomic mass is 32.2. The molecular weight excluding hydrogens is 256 g/mol. The number of carbonyl (C=O) groups excluding carboxylic acids is 1. The molecule has 3 nitrogen and oxygen atoms in total. The second kappa shape index (κ2) is 8.23. The topological polar surface area (TPSA) is 55.1 Å². The largest absolute Gasteiger partial charge is 0.352 e. The van der Waals surface area contributed by atoms with E-state index in [2.05, 4.69) is 24.4 Å². The van der Waals surface area contributed by atoms with Gasteiger partial charge in [0.25, 0.3) is 0 Å². The van der Waals surface area contributed by atoms with Crippen LogP contribution in [0.2, 0.25) is 0 Å². The highest BCUT2D eigenvalue weighted by Crippen LogP contribution is 2.18. The van der Waals surface area contributed by atoms with Gasteiger partial charge in [-0.05, 0) is 30.9 Å². The number of thioether (sulfide) groups is 1. The second-order valence-electron chi connectivity index (χ2n) is 4.88. The lowest BCUT2D eigenvalue weighted by Crippen LogP contribution is -2.46. The van der Waals surface area contributed by atoms with E-state index in [4.69, 9.17) is 5.73 Å². The van der Waals surface area contributed by atoms with Crippen molar-refractivity contribution < 1.29 is 4.79 Å². The molecule has 19 heavy (non-hydrogen) atoms.